The van der Waals surface area contributed by atoms with Gasteiger partial charge in [0.1, 0.15) is 28.7 Å². The number of hydrogen-bond acceptors (Lipinski definition) is 7. The number of rotatable bonds is 7. The number of amides is 2. The van der Waals surface area contributed by atoms with Gasteiger partial charge in [0.05, 0.1) is 55.5 Å². The normalized spacial score (nSPS) is 13.9. The molecule has 0 aliphatic carbocycles. The molecule has 0 N–H and O–H groups in total. The molecule has 46 heavy (non-hydrogen) atoms. The number of hydrogen-bond donors (Lipinski definition) is 0. The fraction of sp³-hybridized carbons (Fsp3) is 0.314. The van der Waals surface area contributed by atoms with E-state index in [1.54, 1.807) is 29.0 Å². The fourth-order valence-electron chi connectivity index (χ4n) is 5.83. The van der Waals surface area contributed by atoms with Crippen molar-refractivity contribution in [3.05, 3.63) is 99.9 Å². The third kappa shape index (κ3) is 5.96. The van der Waals surface area contributed by atoms with Crippen LogP contribution in [0, 0.1) is 11.6 Å². The number of fused-ring (bicyclic) bond motifs is 2. The van der Waals surface area contributed by atoms with Gasteiger partial charge >= 0.3 is 6.09 Å². The lowest BCUT2D eigenvalue weighted by atomic mass is 10.0. The Balaban J connectivity index is 1.38. The zero-order valence-corrected chi connectivity index (χ0v) is 26.3. The number of methoxy groups -OCH3 is 2. The minimum absolute atomic E-state index is 0.110. The summed E-state index contributed by atoms with van der Waals surface area (Å²) in [5, 5.41) is 0. The van der Waals surface area contributed by atoms with Crippen molar-refractivity contribution < 1.29 is 32.6 Å². The van der Waals surface area contributed by atoms with Crippen molar-refractivity contribution in [3.63, 3.8) is 0 Å². The van der Waals surface area contributed by atoms with Crippen molar-refractivity contribution in [1.29, 1.82) is 0 Å². The molecule has 2 aliphatic rings. The highest BCUT2D eigenvalue weighted by Gasteiger charge is 2.35. The Morgan fingerprint density at radius 3 is 2.41 bits per heavy atom. The molecule has 2 amide bonds. The molecule has 0 bridgehead atoms. The Morgan fingerprint density at radius 2 is 1.72 bits per heavy atom. The van der Waals surface area contributed by atoms with Crippen LogP contribution in [-0.2, 0) is 30.7 Å². The zero-order chi connectivity index (χ0) is 32.7. The van der Waals surface area contributed by atoms with Crippen molar-refractivity contribution in [2.75, 3.05) is 25.7 Å². The Bertz CT molecular complexity index is 1840. The lowest BCUT2D eigenvalue weighted by Gasteiger charge is -2.25. The monoisotopic (exact) mass is 628 g/mol. The number of anilines is 1. The topological polar surface area (TPSA) is 94.1 Å². The molecular formula is C35H34F2N4O5. The molecule has 0 saturated heterocycles. The first kappa shape index (κ1) is 30.9. The standard InChI is InChI=1S/C35H34F2N4O5/c1-35(2,3)46-34(43)41-14-13-21-10-9-20(16-28(21)41)15-26-31-27(39-32(38-26)30-24(36)7-6-8-25(30)37)19-40(33(31)42)18-22-11-12-23(44-4)17-29(22)45-5/h6-12,16-17H,13-15,18-19H2,1-5H3. The van der Waals surface area contributed by atoms with E-state index in [9.17, 15) is 18.4 Å². The summed E-state index contributed by atoms with van der Waals surface area (Å²) in [6.45, 7) is 6.24. The quantitative estimate of drug-likeness (QED) is 0.231. The molecule has 0 atom stereocenters. The van der Waals surface area contributed by atoms with E-state index < -0.39 is 23.3 Å². The van der Waals surface area contributed by atoms with Gasteiger partial charge in [0, 0.05) is 24.6 Å². The van der Waals surface area contributed by atoms with E-state index >= 15 is 0 Å². The van der Waals surface area contributed by atoms with Crippen molar-refractivity contribution in [3.8, 4) is 22.9 Å². The molecule has 238 valence electrons. The SMILES string of the molecule is COc1ccc(CN2Cc3nc(-c4c(F)cccc4F)nc(Cc4ccc5c(c4)N(C(=O)OC(C)(C)C)CC5)c3C2=O)c(OC)c1. The second-order valence-electron chi connectivity index (χ2n) is 12.3. The molecule has 11 heteroatoms. The number of nitrogens with zero attached hydrogens (tertiary/aromatic N) is 4. The summed E-state index contributed by atoms with van der Waals surface area (Å²) in [4.78, 5) is 39.2. The first-order valence-corrected chi connectivity index (χ1v) is 14.9. The molecule has 3 aromatic carbocycles. The van der Waals surface area contributed by atoms with Gasteiger partial charge in [-0.05, 0) is 68.7 Å². The number of carbonyl (C=O) groups excluding carboxylic acids is 2. The van der Waals surface area contributed by atoms with E-state index in [1.165, 1.54) is 13.2 Å². The number of halogens is 2. The molecule has 9 nitrogen and oxygen atoms in total. The minimum Gasteiger partial charge on any atom is -0.497 e. The maximum Gasteiger partial charge on any atom is 0.414 e. The number of benzene rings is 3. The van der Waals surface area contributed by atoms with Crippen LogP contribution in [0.2, 0.25) is 0 Å². The molecule has 0 fully saturated rings. The van der Waals surface area contributed by atoms with Crippen LogP contribution >= 0.6 is 0 Å². The number of carbonyl (C=O) groups is 2. The van der Waals surface area contributed by atoms with Crippen LogP contribution in [-0.4, -0.2) is 53.2 Å². The highest BCUT2D eigenvalue weighted by Crippen LogP contribution is 2.35. The molecular weight excluding hydrogens is 594 g/mol. The second-order valence-corrected chi connectivity index (χ2v) is 12.3. The second kappa shape index (κ2) is 12.0. The Hall–Kier alpha value is -5.06. The maximum absolute atomic E-state index is 14.9. The maximum atomic E-state index is 14.9. The molecule has 3 heterocycles. The van der Waals surface area contributed by atoms with Crippen molar-refractivity contribution >= 4 is 17.7 Å². The predicted molar refractivity (Wildman–Crippen MR) is 167 cm³/mol. The molecule has 0 radical (unpaired) electrons. The van der Waals surface area contributed by atoms with E-state index in [0.717, 1.165) is 34.5 Å². The molecule has 6 rings (SSSR count). The van der Waals surface area contributed by atoms with Crippen LogP contribution in [0.5, 0.6) is 11.5 Å². The van der Waals surface area contributed by atoms with E-state index in [1.807, 2.05) is 45.0 Å². The van der Waals surface area contributed by atoms with Gasteiger partial charge < -0.3 is 19.1 Å². The first-order valence-electron chi connectivity index (χ1n) is 14.9. The van der Waals surface area contributed by atoms with Crippen LogP contribution in [0.4, 0.5) is 19.3 Å². The summed E-state index contributed by atoms with van der Waals surface area (Å²) < 4.78 is 46.4. The van der Waals surface area contributed by atoms with Gasteiger partial charge in [-0.3, -0.25) is 9.69 Å². The third-order valence-electron chi connectivity index (χ3n) is 7.97. The highest BCUT2D eigenvalue weighted by molar-refractivity contribution is 5.99. The summed E-state index contributed by atoms with van der Waals surface area (Å²) in [7, 11) is 3.10. The Morgan fingerprint density at radius 1 is 0.957 bits per heavy atom. The van der Waals surface area contributed by atoms with E-state index in [-0.39, 0.29) is 42.4 Å². The van der Waals surface area contributed by atoms with E-state index in [2.05, 4.69) is 9.97 Å². The van der Waals surface area contributed by atoms with Gasteiger partial charge in [-0.1, -0.05) is 18.2 Å². The molecule has 4 aromatic rings. The highest BCUT2D eigenvalue weighted by atomic mass is 19.1. The van der Waals surface area contributed by atoms with Crippen molar-refractivity contribution in [2.24, 2.45) is 0 Å². The van der Waals surface area contributed by atoms with Crippen LogP contribution in [0.15, 0.2) is 54.6 Å². The lowest BCUT2D eigenvalue weighted by Crippen LogP contribution is -2.35. The summed E-state index contributed by atoms with van der Waals surface area (Å²) in [6.07, 6.45) is 0.398. The van der Waals surface area contributed by atoms with E-state index in [4.69, 9.17) is 14.2 Å². The molecule has 0 unspecified atom stereocenters. The van der Waals surface area contributed by atoms with Gasteiger partial charge in [-0.2, -0.15) is 0 Å². The summed E-state index contributed by atoms with van der Waals surface area (Å²) in [5.74, 6) is -0.893. The van der Waals surface area contributed by atoms with Gasteiger partial charge in [-0.25, -0.2) is 23.5 Å². The minimum atomic E-state index is -0.805. The number of ether oxygens (including phenoxy) is 3. The van der Waals surface area contributed by atoms with Gasteiger partial charge in [-0.15, -0.1) is 0 Å². The van der Waals surface area contributed by atoms with Gasteiger partial charge in [0.25, 0.3) is 5.91 Å². The van der Waals surface area contributed by atoms with Crippen molar-refractivity contribution in [2.45, 2.75) is 52.3 Å². The summed E-state index contributed by atoms with van der Waals surface area (Å²) in [6, 6.07) is 14.6. The molecule has 0 spiro atoms. The van der Waals surface area contributed by atoms with Gasteiger partial charge in [0.15, 0.2) is 5.82 Å². The predicted octanol–water partition coefficient (Wildman–Crippen LogP) is 6.48. The van der Waals surface area contributed by atoms with Crippen molar-refractivity contribution in [1.82, 2.24) is 14.9 Å². The average molecular weight is 629 g/mol. The van der Waals surface area contributed by atoms with Crippen LogP contribution in [0.1, 0.15) is 59.2 Å². The molecule has 1 aromatic heterocycles. The van der Waals surface area contributed by atoms with E-state index in [0.29, 0.717) is 35.9 Å². The lowest BCUT2D eigenvalue weighted by molar-refractivity contribution is 0.0583. The Labute approximate surface area is 265 Å². The largest absolute Gasteiger partial charge is 0.497 e. The first-order chi connectivity index (χ1) is 22.0. The van der Waals surface area contributed by atoms with Gasteiger partial charge in [0.2, 0.25) is 0 Å². The third-order valence-corrected chi connectivity index (χ3v) is 7.97. The average Bonchev–Trinajstić information content (AvgIpc) is 3.57. The smallest absolute Gasteiger partial charge is 0.414 e. The fourth-order valence-corrected chi connectivity index (χ4v) is 5.83. The number of aromatic nitrogens is 2. The zero-order valence-electron chi connectivity index (χ0n) is 26.3. The van der Waals surface area contributed by atoms with Crippen LogP contribution in [0.3, 0.4) is 0 Å². The van der Waals surface area contributed by atoms with Crippen LogP contribution in [0.25, 0.3) is 11.4 Å². The summed E-state index contributed by atoms with van der Waals surface area (Å²) in [5.41, 5.74) is 3.20. The molecule has 0 saturated carbocycles. The summed E-state index contributed by atoms with van der Waals surface area (Å²) >= 11 is 0. The molecule has 2 aliphatic heterocycles. The Kier molecular flexibility index (Phi) is 8.10. The van der Waals surface area contributed by atoms with Crippen LogP contribution < -0.4 is 14.4 Å².